The molecule has 20 heavy (non-hydrogen) atoms. The van der Waals surface area contributed by atoms with Crippen LogP contribution in [-0.4, -0.2) is 27.6 Å². The van der Waals surface area contributed by atoms with Crippen molar-refractivity contribution in [2.75, 3.05) is 0 Å². The number of esters is 1. The van der Waals surface area contributed by atoms with Crippen LogP contribution in [0.15, 0.2) is 30.4 Å². The first-order valence-electron chi connectivity index (χ1n) is 6.05. The van der Waals surface area contributed by atoms with Gasteiger partial charge in [-0.3, -0.25) is 0 Å². The first kappa shape index (κ1) is 15.6. The minimum atomic E-state index is -1.04. The second-order valence-electron chi connectivity index (χ2n) is 5.03. The van der Waals surface area contributed by atoms with Gasteiger partial charge in [0.05, 0.1) is 11.4 Å². The number of carbonyl (C=O) groups excluding carboxylic acids is 1. The minimum Gasteiger partial charge on any atom is -0.478 e. The molecular weight excluding hydrogens is 258 g/mol. The largest absolute Gasteiger partial charge is 0.478 e. The number of rotatable bonds is 4. The Labute approximate surface area is 117 Å². The smallest absolute Gasteiger partial charge is 0.331 e. The van der Waals surface area contributed by atoms with E-state index in [0.29, 0.717) is 11.4 Å². The van der Waals surface area contributed by atoms with Crippen molar-refractivity contribution < 1.29 is 19.4 Å². The van der Waals surface area contributed by atoms with E-state index in [4.69, 9.17) is 9.84 Å². The molecule has 5 heteroatoms. The molecule has 0 fully saturated rings. The van der Waals surface area contributed by atoms with Crippen molar-refractivity contribution in [2.45, 2.75) is 26.4 Å². The van der Waals surface area contributed by atoms with Crippen LogP contribution in [0.25, 0.3) is 12.2 Å². The minimum absolute atomic E-state index is 0.453. The molecule has 0 saturated heterocycles. The molecule has 0 amide bonds. The van der Waals surface area contributed by atoms with Gasteiger partial charge in [0.2, 0.25) is 0 Å². The van der Waals surface area contributed by atoms with Crippen molar-refractivity contribution in [2.24, 2.45) is 0 Å². The average molecular weight is 275 g/mol. The van der Waals surface area contributed by atoms with Crippen LogP contribution in [-0.2, 0) is 14.3 Å². The Morgan fingerprint density at radius 3 is 2.20 bits per heavy atom. The van der Waals surface area contributed by atoms with E-state index in [2.05, 4.69) is 4.98 Å². The Morgan fingerprint density at radius 2 is 1.70 bits per heavy atom. The zero-order chi connectivity index (χ0) is 15.2. The van der Waals surface area contributed by atoms with Crippen molar-refractivity contribution >= 4 is 24.1 Å². The fourth-order valence-electron chi connectivity index (χ4n) is 1.30. The van der Waals surface area contributed by atoms with Crippen LogP contribution < -0.4 is 0 Å². The lowest BCUT2D eigenvalue weighted by Gasteiger charge is -2.17. The molecule has 1 N–H and O–H groups in total. The molecule has 106 valence electrons. The predicted octanol–water partition coefficient (Wildman–Crippen LogP) is 2.53. The number of pyridine rings is 1. The van der Waals surface area contributed by atoms with Crippen molar-refractivity contribution in [3.8, 4) is 0 Å². The van der Waals surface area contributed by atoms with Gasteiger partial charge in [-0.2, -0.15) is 0 Å². The topological polar surface area (TPSA) is 76.5 Å². The van der Waals surface area contributed by atoms with E-state index < -0.39 is 17.5 Å². The van der Waals surface area contributed by atoms with Crippen LogP contribution in [0.2, 0.25) is 0 Å². The number of aliphatic carboxylic acids is 1. The maximum absolute atomic E-state index is 11.5. The lowest BCUT2D eigenvalue weighted by molar-refractivity contribution is -0.148. The molecule has 0 aliphatic carbocycles. The monoisotopic (exact) mass is 275 g/mol. The van der Waals surface area contributed by atoms with Gasteiger partial charge in [0, 0.05) is 12.2 Å². The van der Waals surface area contributed by atoms with E-state index in [1.54, 1.807) is 39.0 Å². The Balaban J connectivity index is 2.76. The lowest BCUT2D eigenvalue weighted by Crippen LogP contribution is -2.22. The Hall–Kier alpha value is -2.43. The molecule has 0 atom stereocenters. The average Bonchev–Trinajstić information content (AvgIpc) is 2.32. The van der Waals surface area contributed by atoms with Gasteiger partial charge in [-0.15, -0.1) is 0 Å². The predicted molar refractivity (Wildman–Crippen MR) is 75.8 cm³/mol. The van der Waals surface area contributed by atoms with Gasteiger partial charge in [0.15, 0.2) is 0 Å². The van der Waals surface area contributed by atoms with Crippen LogP contribution >= 0.6 is 0 Å². The molecule has 5 nitrogen and oxygen atoms in total. The first-order chi connectivity index (χ1) is 9.26. The molecule has 0 radical (unpaired) electrons. The fourth-order valence-corrected chi connectivity index (χ4v) is 1.30. The third kappa shape index (κ3) is 6.49. The summed E-state index contributed by atoms with van der Waals surface area (Å²) in [4.78, 5) is 26.1. The molecule has 0 aliphatic heterocycles. The molecule has 1 aromatic rings. The van der Waals surface area contributed by atoms with Crippen LogP contribution in [0.5, 0.6) is 0 Å². The summed E-state index contributed by atoms with van der Waals surface area (Å²) in [5.74, 6) is -1.49. The summed E-state index contributed by atoms with van der Waals surface area (Å²) >= 11 is 0. The summed E-state index contributed by atoms with van der Waals surface area (Å²) in [7, 11) is 0. The van der Waals surface area contributed by atoms with E-state index in [9.17, 15) is 9.59 Å². The number of nitrogens with zero attached hydrogens (tertiary/aromatic N) is 1. The number of carboxylic acids is 1. The molecule has 0 saturated carbocycles. The molecule has 0 unspecified atom stereocenters. The second kappa shape index (κ2) is 6.65. The number of carboxylic acid groups (broad SMARTS) is 1. The van der Waals surface area contributed by atoms with Crippen molar-refractivity contribution in [3.05, 3.63) is 41.7 Å². The van der Waals surface area contributed by atoms with Crippen LogP contribution in [0, 0.1) is 0 Å². The molecule has 1 aromatic heterocycles. The Bertz CT molecular complexity index is 553. The second-order valence-corrected chi connectivity index (χ2v) is 5.03. The molecule has 0 spiro atoms. The van der Waals surface area contributed by atoms with Gasteiger partial charge in [0.25, 0.3) is 0 Å². The van der Waals surface area contributed by atoms with Gasteiger partial charge in [0.1, 0.15) is 5.60 Å². The Morgan fingerprint density at radius 1 is 1.15 bits per heavy atom. The molecule has 0 aliphatic rings. The van der Waals surface area contributed by atoms with Gasteiger partial charge in [-0.25, -0.2) is 14.6 Å². The highest BCUT2D eigenvalue weighted by Gasteiger charge is 2.13. The standard InChI is InChI=1S/C15H17NO4/c1-15(2,3)20-14(19)10-8-12-6-4-5-11(16-12)7-9-13(17)18/h4-10H,1-3H3,(H,17,18). The van der Waals surface area contributed by atoms with Gasteiger partial charge >= 0.3 is 11.9 Å². The Kier molecular flexibility index (Phi) is 5.20. The van der Waals surface area contributed by atoms with Crippen LogP contribution in [0.1, 0.15) is 32.2 Å². The van der Waals surface area contributed by atoms with E-state index in [-0.39, 0.29) is 0 Å². The fraction of sp³-hybridized carbons (Fsp3) is 0.267. The molecule has 1 rings (SSSR count). The van der Waals surface area contributed by atoms with E-state index in [1.807, 2.05) is 0 Å². The van der Waals surface area contributed by atoms with Crippen molar-refractivity contribution in [1.29, 1.82) is 0 Å². The quantitative estimate of drug-likeness (QED) is 0.675. The van der Waals surface area contributed by atoms with Crippen LogP contribution in [0.3, 0.4) is 0 Å². The highest BCUT2D eigenvalue weighted by atomic mass is 16.6. The summed E-state index contributed by atoms with van der Waals surface area (Å²) in [6.45, 7) is 5.36. The SMILES string of the molecule is CC(C)(C)OC(=O)C=Cc1cccc(C=CC(=O)O)n1. The third-order valence-electron chi connectivity index (χ3n) is 1.99. The molecular formula is C15H17NO4. The molecule has 1 heterocycles. The van der Waals surface area contributed by atoms with E-state index >= 15 is 0 Å². The zero-order valence-electron chi connectivity index (χ0n) is 11.7. The van der Waals surface area contributed by atoms with Crippen LogP contribution in [0.4, 0.5) is 0 Å². The van der Waals surface area contributed by atoms with Gasteiger partial charge < -0.3 is 9.84 Å². The highest BCUT2D eigenvalue weighted by molar-refractivity contribution is 5.87. The maximum Gasteiger partial charge on any atom is 0.331 e. The van der Waals surface area contributed by atoms with Gasteiger partial charge in [-0.05, 0) is 45.1 Å². The number of aromatic nitrogens is 1. The number of hydrogen-bond acceptors (Lipinski definition) is 4. The highest BCUT2D eigenvalue weighted by Crippen LogP contribution is 2.08. The number of hydrogen-bond donors (Lipinski definition) is 1. The third-order valence-corrected chi connectivity index (χ3v) is 1.99. The number of ether oxygens (including phenoxy) is 1. The zero-order valence-corrected chi connectivity index (χ0v) is 11.7. The van der Waals surface area contributed by atoms with Crippen molar-refractivity contribution in [1.82, 2.24) is 4.98 Å². The summed E-state index contributed by atoms with van der Waals surface area (Å²) in [6.07, 6.45) is 5.20. The molecule has 0 aromatic carbocycles. The maximum atomic E-state index is 11.5. The normalized spacial score (nSPS) is 11.9. The number of carbonyl (C=O) groups is 2. The van der Waals surface area contributed by atoms with Gasteiger partial charge in [-0.1, -0.05) is 6.07 Å². The summed E-state index contributed by atoms with van der Waals surface area (Å²) < 4.78 is 5.12. The van der Waals surface area contributed by atoms with Crippen molar-refractivity contribution in [3.63, 3.8) is 0 Å². The lowest BCUT2D eigenvalue weighted by atomic mass is 10.2. The summed E-state index contributed by atoms with van der Waals surface area (Å²) in [5.41, 5.74) is 0.503. The summed E-state index contributed by atoms with van der Waals surface area (Å²) in [6, 6.07) is 5.10. The van der Waals surface area contributed by atoms with E-state index in [0.717, 1.165) is 6.08 Å². The van der Waals surface area contributed by atoms with E-state index in [1.165, 1.54) is 18.2 Å². The molecule has 0 bridgehead atoms. The first-order valence-corrected chi connectivity index (χ1v) is 6.05. The summed E-state index contributed by atoms with van der Waals surface area (Å²) in [5, 5.41) is 8.54.